The quantitative estimate of drug-likeness (QED) is 0.632. The monoisotopic (exact) mass is 284 g/mol. The highest BCUT2D eigenvalue weighted by atomic mass is 32.2. The molecule has 6 heteroatoms. The van der Waals surface area contributed by atoms with E-state index >= 15 is 0 Å². The lowest BCUT2D eigenvalue weighted by molar-refractivity contribution is 0.0756. The van der Waals surface area contributed by atoms with E-state index in [4.69, 9.17) is 4.84 Å². The van der Waals surface area contributed by atoms with Crippen LogP contribution in [0.4, 0.5) is 0 Å². The van der Waals surface area contributed by atoms with Crippen molar-refractivity contribution in [1.29, 1.82) is 0 Å². The Balaban J connectivity index is 1.80. The van der Waals surface area contributed by atoms with E-state index in [9.17, 15) is 8.42 Å². The molecule has 0 bridgehead atoms. The Kier molecular flexibility index (Phi) is 4.93. The molecule has 2 rings (SSSR count). The van der Waals surface area contributed by atoms with Crippen LogP contribution in [0, 0.1) is 6.92 Å². The summed E-state index contributed by atoms with van der Waals surface area (Å²) in [5.74, 6) is 0. The van der Waals surface area contributed by atoms with Crippen LogP contribution < -0.4 is 4.89 Å². The van der Waals surface area contributed by atoms with Crippen LogP contribution >= 0.6 is 0 Å². The molecule has 1 aromatic rings. The van der Waals surface area contributed by atoms with Crippen molar-refractivity contribution in [2.45, 2.75) is 24.7 Å². The standard InChI is InChI=1S/C13H20N2O3S/c1-12-5-4-6-13(11-12)19(16,17)14-18-10-9-15-7-2-3-8-15/h4-6,11,14H,2-3,7-10H2,1H3. The minimum atomic E-state index is -3.57. The van der Waals surface area contributed by atoms with Crippen LogP contribution in [0.2, 0.25) is 0 Å². The molecule has 0 amide bonds. The van der Waals surface area contributed by atoms with Crippen molar-refractivity contribution in [2.24, 2.45) is 0 Å². The van der Waals surface area contributed by atoms with Crippen molar-refractivity contribution < 1.29 is 13.3 Å². The van der Waals surface area contributed by atoms with Gasteiger partial charge in [0, 0.05) is 6.54 Å². The van der Waals surface area contributed by atoms with E-state index in [0.29, 0.717) is 6.61 Å². The van der Waals surface area contributed by atoms with Gasteiger partial charge in [-0.15, -0.1) is 0 Å². The summed E-state index contributed by atoms with van der Waals surface area (Å²) < 4.78 is 23.9. The molecule has 0 aromatic heterocycles. The van der Waals surface area contributed by atoms with Crippen LogP contribution in [0.15, 0.2) is 29.2 Å². The second-order valence-electron chi connectivity index (χ2n) is 4.80. The van der Waals surface area contributed by atoms with Crippen molar-refractivity contribution >= 4 is 10.0 Å². The van der Waals surface area contributed by atoms with Crippen LogP contribution in [0.3, 0.4) is 0 Å². The molecule has 1 saturated heterocycles. The number of likely N-dealkylation sites (tertiary alicyclic amines) is 1. The van der Waals surface area contributed by atoms with Gasteiger partial charge in [-0.1, -0.05) is 17.0 Å². The summed E-state index contributed by atoms with van der Waals surface area (Å²) in [4.78, 5) is 9.74. The van der Waals surface area contributed by atoms with Crippen molar-refractivity contribution in [3.63, 3.8) is 0 Å². The highest BCUT2D eigenvalue weighted by molar-refractivity contribution is 7.89. The third kappa shape index (κ3) is 4.28. The van der Waals surface area contributed by atoms with E-state index in [1.807, 2.05) is 13.0 Å². The van der Waals surface area contributed by atoms with Gasteiger partial charge in [0.15, 0.2) is 0 Å². The minimum absolute atomic E-state index is 0.230. The van der Waals surface area contributed by atoms with E-state index in [0.717, 1.165) is 25.2 Å². The molecule has 1 aliphatic heterocycles. The third-order valence-electron chi connectivity index (χ3n) is 3.18. The lowest BCUT2D eigenvalue weighted by Gasteiger charge is -2.14. The molecule has 106 valence electrons. The summed E-state index contributed by atoms with van der Waals surface area (Å²) in [5.41, 5.74) is 0.903. The highest BCUT2D eigenvalue weighted by Gasteiger charge is 2.15. The van der Waals surface area contributed by atoms with E-state index in [1.165, 1.54) is 12.8 Å². The van der Waals surface area contributed by atoms with Crippen LogP contribution in [0.1, 0.15) is 18.4 Å². The molecule has 0 saturated carbocycles. The number of aryl methyl sites for hydroxylation is 1. The van der Waals surface area contributed by atoms with Gasteiger partial charge in [0.1, 0.15) is 0 Å². The topological polar surface area (TPSA) is 58.6 Å². The molecule has 5 nitrogen and oxygen atoms in total. The molecule has 1 N–H and O–H groups in total. The lowest BCUT2D eigenvalue weighted by atomic mass is 10.2. The normalized spacial score (nSPS) is 16.9. The average Bonchev–Trinajstić information content (AvgIpc) is 2.88. The molecule has 1 heterocycles. The number of nitrogens with one attached hydrogen (secondary N) is 1. The first-order valence-corrected chi connectivity index (χ1v) is 7.99. The van der Waals surface area contributed by atoms with E-state index in [-0.39, 0.29) is 4.90 Å². The maximum atomic E-state index is 11.9. The van der Waals surface area contributed by atoms with Gasteiger partial charge >= 0.3 is 0 Å². The fraction of sp³-hybridized carbons (Fsp3) is 0.538. The molecule has 0 unspecified atom stereocenters. The zero-order valence-corrected chi connectivity index (χ0v) is 11.9. The third-order valence-corrected chi connectivity index (χ3v) is 4.39. The first-order chi connectivity index (χ1) is 9.08. The van der Waals surface area contributed by atoms with Gasteiger partial charge < -0.3 is 4.90 Å². The number of benzene rings is 1. The predicted octanol–water partition coefficient (Wildman–Crippen LogP) is 1.30. The summed E-state index contributed by atoms with van der Waals surface area (Å²) >= 11 is 0. The zero-order valence-electron chi connectivity index (χ0n) is 11.1. The predicted molar refractivity (Wildman–Crippen MR) is 73.1 cm³/mol. The molecule has 1 fully saturated rings. The van der Waals surface area contributed by atoms with Crippen molar-refractivity contribution in [1.82, 2.24) is 9.79 Å². The van der Waals surface area contributed by atoms with Gasteiger partial charge in [-0.05, 0) is 50.6 Å². The highest BCUT2D eigenvalue weighted by Crippen LogP contribution is 2.10. The summed E-state index contributed by atoms with van der Waals surface area (Å²) in [6.45, 7) is 5.14. The molecule has 0 aliphatic carbocycles. The Morgan fingerprint density at radius 2 is 2.05 bits per heavy atom. The van der Waals surface area contributed by atoms with Crippen molar-refractivity contribution in [2.75, 3.05) is 26.2 Å². The van der Waals surface area contributed by atoms with E-state index in [2.05, 4.69) is 9.79 Å². The zero-order chi connectivity index (χ0) is 13.7. The molecule has 1 aromatic carbocycles. The van der Waals surface area contributed by atoms with E-state index in [1.54, 1.807) is 18.2 Å². The molecular weight excluding hydrogens is 264 g/mol. The number of rotatable bonds is 6. The fourth-order valence-electron chi connectivity index (χ4n) is 2.13. The van der Waals surface area contributed by atoms with E-state index < -0.39 is 10.0 Å². The van der Waals surface area contributed by atoms with Gasteiger partial charge in [0.25, 0.3) is 10.0 Å². The van der Waals surface area contributed by atoms with Gasteiger partial charge in [0.05, 0.1) is 11.5 Å². The number of hydrogen-bond acceptors (Lipinski definition) is 4. The molecule has 0 radical (unpaired) electrons. The van der Waals surface area contributed by atoms with Crippen LogP contribution in [0.25, 0.3) is 0 Å². The maximum Gasteiger partial charge on any atom is 0.262 e. The Hall–Kier alpha value is -0.950. The summed E-state index contributed by atoms with van der Waals surface area (Å²) in [7, 11) is -3.57. The fourth-order valence-corrected chi connectivity index (χ4v) is 3.06. The molecule has 0 spiro atoms. The Morgan fingerprint density at radius 3 is 2.74 bits per heavy atom. The van der Waals surface area contributed by atoms with Gasteiger partial charge in [0.2, 0.25) is 0 Å². The minimum Gasteiger partial charge on any atom is -0.301 e. The molecule has 19 heavy (non-hydrogen) atoms. The first kappa shape index (κ1) is 14.5. The number of sulfonamides is 1. The lowest BCUT2D eigenvalue weighted by Crippen LogP contribution is -2.30. The van der Waals surface area contributed by atoms with Gasteiger partial charge in [-0.3, -0.25) is 4.84 Å². The average molecular weight is 284 g/mol. The summed E-state index contributed by atoms with van der Waals surface area (Å²) in [6.07, 6.45) is 2.43. The van der Waals surface area contributed by atoms with Crippen LogP contribution in [-0.2, 0) is 14.9 Å². The molecule has 0 atom stereocenters. The SMILES string of the molecule is Cc1cccc(S(=O)(=O)NOCCN2CCCC2)c1. The second kappa shape index (κ2) is 6.47. The van der Waals surface area contributed by atoms with Gasteiger partial charge in [-0.2, -0.15) is 0 Å². The summed E-state index contributed by atoms with van der Waals surface area (Å²) in [5, 5.41) is 0. The summed E-state index contributed by atoms with van der Waals surface area (Å²) in [6, 6.07) is 6.74. The van der Waals surface area contributed by atoms with Gasteiger partial charge in [-0.25, -0.2) is 8.42 Å². The number of nitrogens with zero attached hydrogens (tertiary/aromatic N) is 1. The molecular formula is C13H20N2O3S. The van der Waals surface area contributed by atoms with Crippen LogP contribution in [0.5, 0.6) is 0 Å². The Bertz CT molecular complexity index is 510. The number of hydrogen-bond donors (Lipinski definition) is 1. The Labute approximate surface area is 114 Å². The van der Waals surface area contributed by atoms with Crippen molar-refractivity contribution in [3.8, 4) is 0 Å². The maximum absolute atomic E-state index is 11.9. The van der Waals surface area contributed by atoms with Crippen molar-refractivity contribution in [3.05, 3.63) is 29.8 Å². The molecule has 1 aliphatic rings. The smallest absolute Gasteiger partial charge is 0.262 e. The second-order valence-corrected chi connectivity index (χ2v) is 6.45. The van der Waals surface area contributed by atoms with Crippen LogP contribution in [-0.4, -0.2) is 39.6 Å². The largest absolute Gasteiger partial charge is 0.301 e. The first-order valence-electron chi connectivity index (χ1n) is 6.50. The Morgan fingerprint density at radius 1 is 1.32 bits per heavy atom.